The predicted molar refractivity (Wildman–Crippen MR) is 127 cm³/mol. The van der Waals surface area contributed by atoms with Gasteiger partial charge in [-0.3, -0.25) is 18.6 Å². The molecule has 202 valence electrons. The highest BCUT2D eigenvalue weighted by molar-refractivity contribution is 7.47. The number of aliphatic hydroxyl groups is 2. The molecule has 0 saturated carbocycles. The molecule has 0 aliphatic rings. The van der Waals surface area contributed by atoms with E-state index in [-0.39, 0.29) is 13.0 Å². The molecule has 0 aliphatic carbocycles. The molecule has 0 aromatic carbocycles. The van der Waals surface area contributed by atoms with Crippen molar-refractivity contribution < 1.29 is 47.8 Å². The molecule has 0 fully saturated rings. The molecule has 3 atom stereocenters. The van der Waals surface area contributed by atoms with E-state index in [0.29, 0.717) is 6.42 Å². The van der Waals surface area contributed by atoms with Crippen LogP contribution in [0.1, 0.15) is 97.3 Å². The molecule has 10 nitrogen and oxygen atoms in total. The van der Waals surface area contributed by atoms with Gasteiger partial charge >= 0.3 is 19.8 Å². The van der Waals surface area contributed by atoms with Gasteiger partial charge in [0.05, 0.1) is 19.8 Å². The van der Waals surface area contributed by atoms with E-state index in [9.17, 15) is 24.2 Å². The molecule has 0 amide bonds. The minimum absolute atomic E-state index is 0.185. The number of rotatable bonds is 23. The fraction of sp³-hybridized carbons (Fsp3) is 0.913. The van der Waals surface area contributed by atoms with Crippen molar-refractivity contribution in [1.29, 1.82) is 0 Å². The van der Waals surface area contributed by atoms with E-state index in [2.05, 4.69) is 11.4 Å². The normalized spacial score (nSPS) is 14.9. The Morgan fingerprint density at radius 1 is 0.824 bits per heavy atom. The molecule has 0 aliphatic heterocycles. The van der Waals surface area contributed by atoms with E-state index in [1.54, 1.807) is 0 Å². The topological polar surface area (TPSA) is 149 Å². The van der Waals surface area contributed by atoms with Crippen molar-refractivity contribution in [2.24, 2.45) is 0 Å². The molecule has 3 unspecified atom stereocenters. The summed E-state index contributed by atoms with van der Waals surface area (Å²) >= 11 is 0. The standard InChI is InChI=1S/C23H45O10P/c1-3-4-5-6-7-8-9-10-11-12-13-14-15-23(27)33-22(18-30-20(2)25)19-32-34(28,29)31-17-21(26)16-24/h21-22,24,26H,3-19H2,1-2H3,(H,28,29). The third-order valence-corrected chi connectivity index (χ3v) is 6.02. The maximum atomic E-state index is 12.1. The van der Waals surface area contributed by atoms with E-state index >= 15 is 0 Å². The summed E-state index contributed by atoms with van der Waals surface area (Å²) in [5.74, 6) is -1.12. The van der Waals surface area contributed by atoms with E-state index in [1.807, 2.05) is 0 Å². The molecule has 0 aromatic rings. The summed E-state index contributed by atoms with van der Waals surface area (Å²) in [4.78, 5) is 32.8. The van der Waals surface area contributed by atoms with Gasteiger partial charge in [-0.1, -0.05) is 77.6 Å². The fourth-order valence-electron chi connectivity index (χ4n) is 3.13. The Bertz CT molecular complexity index is 572. The van der Waals surface area contributed by atoms with Crippen molar-refractivity contribution in [3.8, 4) is 0 Å². The minimum Gasteiger partial charge on any atom is -0.462 e. The lowest BCUT2D eigenvalue weighted by Gasteiger charge is -2.20. The van der Waals surface area contributed by atoms with E-state index in [0.717, 1.165) is 19.3 Å². The Balaban J connectivity index is 4.09. The molecule has 3 N–H and O–H groups in total. The average Bonchev–Trinajstić information content (AvgIpc) is 2.79. The lowest BCUT2D eigenvalue weighted by molar-refractivity contribution is -0.160. The van der Waals surface area contributed by atoms with E-state index in [1.165, 1.54) is 58.3 Å². The van der Waals surface area contributed by atoms with Gasteiger partial charge in [0.1, 0.15) is 12.7 Å². The Kier molecular flexibility index (Phi) is 20.6. The van der Waals surface area contributed by atoms with Gasteiger partial charge in [0.25, 0.3) is 0 Å². The Morgan fingerprint density at radius 3 is 1.82 bits per heavy atom. The third kappa shape index (κ3) is 21.5. The van der Waals surface area contributed by atoms with Crippen LogP contribution in [0.2, 0.25) is 0 Å². The highest BCUT2D eigenvalue weighted by Gasteiger charge is 2.26. The summed E-state index contributed by atoms with van der Waals surface area (Å²) in [6.45, 7) is 1.27. The smallest absolute Gasteiger partial charge is 0.462 e. The number of hydrogen-bond acceptors (Lipinski definition) is 9. The summed E-state index contributed by atoms with van der Waals surface area (Å²) in [5, 5.41) is 17.9. The largest absolute Gasteiger partial charge is 0.472 e. The predicted octanol–water partition coefficient (Wildman–Crippen LogP) is 4.04. The first-order valence-electron chi connectivity index (χ1n) is 12.4. The minimum atomic E-state index is -4.56. The monoisotopic (exact) mass is 512 g/mol. The van der Waals surface area contributed by atoms with Crippen LogP contribution < -0.4 is 0 Å². The molecule has 0 saturated heterocycles. The molecular formula is C23H45O10P. The second-order valence-electron chi connectivity index (χ2n) is 8.45. The van der Waals surface area contributed by atoms with Crippen molar-refractivity contribution in [2.45, 2.75) is 110 Å². The lowest BCUT2D eigenvalue weighted by atomic mass is 10.0. The number of phosphoric ester groups is 1. The molecule has 0 bridgehead atoms. The maximum Gasteiger partial charge on any atom is 0.472 e. The van der Waals surface area contributed by atoms with Gasteiger partial charge in [-0.05, 0) is 6.42 Å². The number of carbonyl (C=O) groups excluding carboxylic acids is 2. The van der Waals surface area contributed by atoms with Crippen LogP contribution in [0.4, 0.5) is 0 Å². The zero-order chi connectivity index (χ0) is 25.7. The first-order valence-corrected chi connectivity index (χ1v) is 13.9. The molecule has 0 spiro atoms. The number of unbranched alkanes of at least 4 members (excludes halogenated alkanes) is 11. The molecule has 11 heteroatoms. The third-order valence-electron chi connectivity index (χ3n) is 5.07. The second kappa shape index (κ2) is 21.3. The van der Waals surface area contributed by atoms with Crippen molar-refractivity contribution >= 4 is 19.8 Å². The number of hydrogen-bond donors (Lipinski definition) is 3. The van der Waals surface area contributed by atoms with Gasteiger partial charge in [-0.25, -0.2) is 4.57 Å². The number of carbonyl (C=O) groups is 2. The van der Waals surface area contributed by atoms with Crippen molar-refractivity contribution in [2.75, 3.05) is 26.4 Å². The molecule has 0 rings (SSSR count). The Hall–Kier alpha value is -1.03. The number of esters is 2. The second-order valence-corrected chi connectivity index (χ2v) is 9.90. The van der Waals surface area contributed by atoms with Crippen LogP contribution in [0.3, 0.4) is 0 Å². The van der Waals surface area contributed by atoms with Gasteiger partial charge in [0, 0.05) is 13.3 Å². The van der Waals surface area contributed by atoms with E-state index in [4.69, 9.17) is 19.1 Å². The molecular weight excluding hydrogens is 467 g/mol. The SMILES string of the molecule is CCCCCCCCCCCCCCC(=O)OC(COC(C)=O)COP(=O)(O)OCC(O)CO. The van der Waals surface area contributed by atoms with Gasteiger partial charge < -0.3 is 24.6 Å². The van der Waals surface area contributed by atoms with Crippen LogP contribution in [0.25, 0.3) is 0 Å². The quantitative estimate of drug-likeness (QED) is 0.104. The lowest BCUT2D eigenvalue weighted by Crippen LogP contribution is -2.29. The fourth-order valence-corrected chi connectivity index (χ4v) is 3.92. The first-order chi connectivity index (χ1) is 16.2. The Morgan fingerprint density at radius 2 is 1.32 bits per heavy atom. The van der Waals surface area contributed by atoms with Crippen LogP contribution in [0.15, 0.2) is 0 Å². The van der Waals surface area contributed by atoms with Crippen molar-refractivity contribution in [1.82, 2.24) is 0 Å². The van der Waals surface area contributed by atoms with Crippen molar-refractivity contribution in [3.63, 3.8) is 0 Å². The number of phosphoric acid groups is 1. The summed E-state index contributed by atoms with van der Waals surface area (Å²) in [7, 11) is -4.56. The summed E-state index contributed by atoms with van der Waals surface area (Å²) in [5.41, 5.74) is 0. The van der Waals surface area contributed by atoms with E-state index < -0.39 is 51.8 Å². The summed E-state index contributed by atoms with van der Waals surface area (Å²) in [6.07, 6.45) is 11.8. The first kappa shape index (κ1) is 33.0. The molecule has 0 radical (unpaired) electrons. The zero-order valence-electron chi connectivity index (χ0n) is 20.8. The number of aliphatic hydroxyl groups excluding tert-OH is 2. The van der Waals surface area contributed by atoms with Gasteiger partial charge in [0.2, 0.25) is 0 Å². The van der Waals surface area contributed by atoms with Crippen LogP contribution in [-0.4, -0.2) is 65.7 Å². The van der Waals surface area contributed by atoms with Crippen LogP contribution in [0.5, 0.6) is 0 Å². The van der Waals surface area contributed by atoms with Gasteiger partial charge in [0.15, 0.2) is 6.10 Å². The van der Waals surface area contributed by atoms with Crippen LogP contribution in [-0.2, 0) is 32.7 Å². The highest BCUT2D eigenvalue weighted by atomic mass is 31.2. The highest BCUT2D eigenvalue weighted by Crippen LogP contribution is 2.43. The number of ether oxygens (including phenoxy) is 2. The van der Waals surface area contributed by atoms with Crippen molar-refractivity contribution in [3.05, 3.63) is 0 Å². The maximum absolute atomic E-state index is 12.1. The summed E-state index contributed by atoms with van der Waals surface area (Å²) in [6, 6.07) is 0. The zero-order valence-corrected chi connectivity index (χ0v) is 21.7. The average molecular weight is 513 g/mol. The summed E-state index contributed by atoms with van der Waals surface area (Å²) < 4.78 is 31.2. The van der Waals surface area contributed by atoms with Gasteiger partial charge in [-0.15, -0.1) is 0 Å². The molecule has 0 heterocycles. The Labute approximate surface area is 203 Å². The van der Waals surface area contributed by atoms with Crippen LogP contribution >= 0.6 is 7.82 Å². The molecule has 0 aromatic heterocycles. The van der Waals surface area contributed by atoms with Gasteiger partial charge in [-0.2, -0.15) is 0 Å². The van der Waals surface area contributed by atoms with Crippen LogP contribution in [0, 0.1) is 0 Å². The molecule has 34 heavy (non-hydrogen) atoms.